The Bertz CT molecular complexity index is 1010. The smallest absolute Gasteiger partial charge is 0.157 e. The summed E-state index contributed by atoms with van der Waals surface area (Å²) in [6, 6.07) is 6.31. The number of aromatic nitrogens is 3. The maximum Gasteiger partial charge on any atom is 0.157 e. The first-order chi connectivity index (χ1) is 16.2. The second-order valence-corrected chi connectivity index (χ2v) is 11.1. The minimum Gasteiger partial charge on any atom is -0.378 e. The summed E-state index contributed by atoms with van der Waals surface area (Å²) in [4.78, 5) is 5.84. The molecular formula is C19H14Cl6N4OS4. The molecule has 0 aliphatic heterocycles. The van der Waals surface area contributed by atoms with Crippen LogP contribution in [0.15, 0.2) is 46.5 Å². The molecule has 1 N–H and O–H groups in total. The minimum absolute atomic E-state index is 0.395. The van der Waals surface area contributed by atoms with Crippen molar-refractivity contribution in [1.29, 1.82) is 0 Å². The Hall–Kier alpha value is 0.0900. The first-order valence-corrected chi connectivity index (χ1v) is 13.8. The average Bonchev–Trinajstić information content (AvgIpc) is 2.76. The molecule has 182 valence electrons. The van der Waals surface area contributed by atoms with Gasteiger partial charge in [0.2, 0.25) is 0 Å². The summed E-state index contributed by atoms with van der Waals surface area (Å²) in [7, 11) is 0. The fraction of sp³-hybridized carbons (Fsp3) is 0.158. The van der Waals surface area contributed by atoms with Crippen LogP contribution in [0.2, 0.25) is 30.1 Å². The Morgan fingerprint density at radius 1 is 0.882 bits per heavy atom. The summed E-state index contributed by atoms with van der Waals surface area (Å²) in [6.45, 7) is 0.766. The van der Waals surface area contributed by atoms with Gasteiger partial charge in [-0.1, -0.05) is 81.8 Å². The van der Waals surface area contributed by atoms with Crippen LogP contribution < -0.4 is 5.32 Å². The normalized spacial score (nSPS) is 10.4. The van der Waals surface area contributed by atoms with E-state index in [1.54, 1.807) is 30.5 Å². The van der Waals surface area contributed by atoms with Gasteiger partial charge in [-0.3, -0.25) is 0 Å². The van der Waals surface area contributed by atoms with Crippen LogP contribution in [-0.2, 0) is 10.1 Å². The third-order valence-electron chi connectivity index (χ3n) is 3.44. The summed E-state index contributed by atoms with van der Waals surface area (Å²) < 4.78 is 5.42. The molecule has 1 aromatic heterocycles. The molecule has 0 atom stereocenters. The summed E-state index contributed by atoms with van der Waals surface area (Å²) in [5.74, 6) is 1.40. The van der Waals surface area contributed by atoms with E-state index < -0.39 is 0 Å². The fourth-order valence-corrected chi connectivity index (χ4v) is 5.65. The number of rotatable bonds is 8. The molecule has 0 amide bonds. The van der Waals surface area contributed by atoms with E-state index in [9.17, 15) is 0 Å². The van der Waals surface area contributed by atoms with Gasteiger partial charge >= 0.3 is 0 Å². The Labute approximate surface area is 246 Å². The number of nitrogens with one attached hydrogen (secondary N) is 1. The third-order valence-corrected chi connectivity index (χ3v) is 7.79. The molecule has 15 heteroatoms. The third kappa shape index (κ3) is 10.6. The maximum absolute atomic E-state index is 6.05. The highest BCUT2D eigenvalue weighted by molar-refractivity contribution is 8.08. The van der Waals surface area contributed by atoms with Crippen molar-refractivity contribution in [2.75, 3.05) is 12.3 Å². The predicted octanol–water partition coefficient (Wildman–Crippen LogP) is 8.60. The summed E-state index contributed by atoms with van der Waals surface area (Å²) in [5, 5.41) is 13.0. The number of halogens is 6. The van der Waals surface area contributed by atoms with Crippen molar-refractivity contribution in [3.63, 3.8) is 0 Å². The zero-order chi connectivity index (χ0) is 25.1. The quantitative estimate of drug-likeness (QED) is 0.142. The molecule has 5 nitrogen and oxygen atoms in total. The van der Waals surface area contributed by atoms with Crippen LogP contribution in [-0.4, -0.2) is 32.5 Å². The number of thiocarbonyl (C=S) groups is 1. The highest BCUT2D eigenvalue weighted by atomic mass is 35.5. The molecule has 1 heterocycles. The lowest BCUT2D eigenvalue weighted by molar-refractivity contribution is 0.757. The Balaban J connectivity index is 0.000000270. The van der Waals surface area contributed by atoms with Gasteiger partial charge in [0.25, 0.3) is 0 Å². The van der Waals surface area contributed by atoms with Crippen LogP contribution in [0.4, 0.5) is 0 Å². The lowest BCUT2D eigenvalue weighted by Crippen LogP contribution is -2.25. The van der Waals surface area contributed by atoms with Crippen molar-refractivity contribution in [2.45, 2.75) is 16.2 Å². The molecule has 0 spiro atoms. The molecule has 0 unspecified atom stereocenters. The van der Waals surface area contributed by atoms with Crippen LogP contribution in [0.1, 0.15) is 5.82 Å². The van der Waals surface area contributed by atoms with E-state index in [0.717, 1.165) is 41.4 Å². The zero-order valence-corrected chi connectivity index (χ0v) is 24.7. The molecule has 34 heavy (non-hydrogen) atoms. The van der Waals surface area contributed by atoms with Crippen LogP contribution in [0, 0.1) is 0 Å². The van der Waals surface area contributed by atoms with Gasteiger partial charge < -0.3 is 5.32 Å². The number of hydrogen-bond acceptors (Lipinski definition) is 8. The maximum atomic E-state index is 6.05. The molecular weight excluding hydrogens is 641 g/mol. The van der Waals surface area contributed by atoms with Gasteiger partial charge in [-0.15, -0.1) is 5.10 Å². The Morgan fingerprint density at radius 3 is 1.79 bits per heavy atom. The van der Waals surface area contributed by atoms with Gasteiger partial charge in [-0.2, -0.15) is 17.7 Å². The van der Waals surface area contributed by atoms with E-state index >= 15 is 0 Å². The molecule has 0 radical (unpaired) electrons. The van der Waals surface area contributed by atoms with Crippen molar-refractivity contribution in [1.82, 2.24) is 20.5 Å². The number of nitrogens with zero attached hydrogens (tertiary/aromatic N) is 3. The molecule has 0 bridgehead atoms. The summed E-state index contributed by atoms with van der Waals surface area (Å²) in [6.07, 6.45) is 3.67. The van der Waals surface area contributed by atoms with Gasteiger partial charge in [0.15, 0.2) is 5.82 Å². The molecule has 0 saturated carbocycles. The highest BCUT2D eigenvalue weighted by Gasteiger charge is 2.13. The van der Waals surface area contributed by atoms with Gasteiger partial charge in [-0.05, 0) is 24.3 Å². The van der Waals surface area contributed by atoms with Crippen LogP contribution in [0.5, 0.6) is 0 Å². The number of hydrogen-bond donors (Lipinski definition) is 2. The van der Waals surface area contributed by atoms with E-state index in [1.165, 1.54) is 6.20 Å². The second kappa shape index (κ2) is 16.0. The van der Waals surface area contributed by atoms with E-state index in [-0.39, 0.29) is 0 Å². The number of thiol groups is 1. The lowest BCUT2D eigenvalue weighted by atomic mass is 10.4. The van der Waals surface area contributed by atoms with Crippen LogP contribution >= 0.6 is 119 Å². The summed E-state index contributed by atoms with van der Waals surface area (Å²) >= 11 is 47.0. The van der Waals surface area contributed by atoms with Crippen molar-refractivity contribution < 1.29 is 3.63 Å². The SMILES string of the molecule is Clc1cc(Cl)c(SOSc2c(Cl)cc(Cl)cc2Cl)c(Cl)c1.S=C(Cc1nccnn1)NCCS. The van der Waals surface area contributed by atoms with E-state index in [2.05, 4.69) is 33.1 Å². The van der Waals surface area contributed by atoms with Crippen LogP contribution in [0.25, 0.3) is 0 Å². The predicted molar refractivity (Wildman–Crippen MR) is 154 cm³/mol. The van der Waals surface area contributed by atoms with Gasteiger partial charge in [0.05, 0.1) is 47.5 Å². The Kier molecular flexibility index (Phi) is 14.3. The van der Waals surface area contributed by atoms with Gasteiger partial charge in [-0.25, -0.2) is 8.61 Å². The topological polar surface area (TPSA) is 59.9 Å². The average molecular weight is 655 g/mol. The molecule has 3 rings (SSSR count). The highest BCUT2D eigenvalue weighted by Crippen LogP contribution is 2.43. The van der Waals surface area contributed by atoms with E-state index in [0.29, 0.717) is 52.2 Å². The Morgan fingerprint density at radius 2 is 1.38 bits per heavy atom. The fourth-order valence-electron chi connectivity index (χ4n) is 2.06. The molecule has 0 saturated heterocycles. The van der Waals surface area contributed by atoms with Crippen molar-refractivity contribution >= 4 is 124 Å². The van der Waals surface area contributed by atoms with E-state index in [1.807, 2.05) is 0 Å². The molecule has 3 aromatic rings. The summed E-state index contributed by atoms with van der Waals surface area (Å²) in [5.41, 5.74) is 0. The van der Waals surface area contributed by atoms with Crippen molar-refractivity contribution in [3.8, 4) is 0 Å². The minimum atomic E-state index is 0.395. The first-order valence-electron chi connectivity index (χ1n) is 9.01. The van der Waals surface area contributed by atoms with Gasteiger partial charge in [0.1, 0.15) is 0 Å². The molecule has 2 aromatic carbocycles. The van der Waals surface area contributed by atoms with Gasteiger partial charge in [0, 0.05) is 52.6 Å². The zero-order valence-electron chi connectivity index (χ0n) is 16.8. The largest absolute Gasteiger partial charge is 0.378 e. The molecule has 0 aliphatic rings. The van der Waals surface area contributed by atoms with Crippen molar-refractivity contribution in [2.24, 2.45) is 0 Å². The first kappa shape index (κ1) is 30.3. The molecule has 0 aliphatic carbocycles. The monoisotopic (exact) mass is 652 g/mol. The van der Waals surface area contributed by atoms with E-state index in [4.69, 9.17) is 85.5 Å². The molecule has 0 fully saturated rings. The standard InChI is InChI=1S/C12H4Cl6OS2.C7H10N4S2/c13-5-1-7(15)11(8(16)2-5)20-19-21-12-9(17)3-6(14)4-10(12)18;12-4-3-9-7(13)5-6-8-1-2-10-11-6/h1-4H;1-2,12H,3-5H2,(H,9,13). The van der Waals surface area contributed by atoms with Crippen molar-refractivity contribution in [3.05, 3.63) is 72.6 Å². The second-order valence-electron chi connectivity index (χ2n) is 5.94. The number of benzene rings is 2. The lowest BCUT2D eigenvalue weighted by Gasteiger charge is -2.08. The van der Waals surface area contributed by atoms with Crippen LogP contribution in [0.3, 0.4) is 0 Å².